The van der Waals surface area contributed by atoms with Crippen LogP contribution in [0.25, 0.3) is 0 Å². The van der Waals surface area contributed by atoms with Crippen molar-refractivity contribution < 1.29 is 9.59 Å². The number of piperazine rings is 1. The molecule has 0 bridgehead atoms. The van der Waals surface area contributed by atoms with Gasteiger partial charge < -0.3 is 15.2 Å². The fourth-order valence-corrected chi connectivity index (χ4v) is 3.22. The highest BCUT2D eigenvalue weighted by atomic mass is 16.2. The van der Waals surface area contributed by atoms with Crippen LogP contribution in [-0.4, -0.2) is 58.3 Å². The molecule has 2 N–H and O–H groups in total. The predicted molar refractivity (Wildman–Crippen MR) is 93.8 cm³/mol. The summed E-state index contributed by atoms with van der Waals surface area (Å²) < 4.78 is 0. The van der Waals surface area contributed by atoms with Gasteiger partial charge in [0.15, 0.2) is 0 Å². The highest BCUT2D eigenvalue weighted by molar-refractivity contribution is 5.94. The molecular weight excluding hydrogens is 318 g/mol. The summed E-state index contributed by atoms with van der Waals surface area (Å²) >= 11 is 0. The molecule has 0 unspecified atom stereocenters. The van der Waals surface area contributed by atoms with Crippen LogP contribution in [0.3, 0.4) is 0 Å². The molecule has 2 heterocycles. The van der Waals surface area contributed by atoms with Crippen molar-refractivity contribution in [2.24, 2.45) is 0 Å². The van der Waals surface area contributed by atoms with Crippen LogP contribution in [0.5, 0.6) is 0 Å². The first-order valence-electron chi connectivity index (χ1n) is 8.38. The van der Waals surface area contributed by atoms with Crippen molar-refractivity contribution in [2.45, 2.75) is 19.5 Å². The monoisotopic (exact) mass is 341 g/mol. The number of nitrogens with zero attached hydrogens (tertiary/aromatic N) is 3. The SMILES string of the molecule is CNC(=O)c1cccc([C@@H]2CN(C(C)=O)CCN2Cc2ncc[nH]2)c1. The highest BCUT2D eigenvalue weighted by Crippen LogP contribution is 2.27. The molecule has 3 rings (SSSR count). The summed E-state index contributed by atoms with van der Waals surface area (Å²) in [7, 11) is 1.62. The third-order valence-corrected chi connectivity index (χ3v) is 4.60. The van der Waals surface area contributed by atoms with Crippen molar-refractivity contribution in [1.29, 1.82) is 0 Å². The van der Waals surface area contributed by atoms with Gasteiger partial charge in [0.2, 0.25) is 5.91 Å². The minimum atomic E-state index is -0.112. The minimum Gasteiger partial charge on any atom is -0.355 e. The van der Waals surface area contributed by atoms with Gasteiger partial charge in [0.25, 0.3) is 5.91 Å². The Morgan fingerprint density at radius 1 is 1.36 bits per heavy atom. The maximum atomic E-state index is 12.0. The van der Waals surface area contributed by atoms with Crippen LogP contribution in [0.1, 0.15) is 34.7 Å². The lowest BCUT2D eigenvalue weighted by molar-refractivity contribution is -0.132. The van der Waals surface area contributed by atoms with Gasteiger partial charge in [-0.25, -0.2) is 4.98 Å². The van der Waals surface area contributed by atoms with Crippen molar-refractivity contribution in [3.05, 3.63) is 53.6 Å². The van der Waals surface area contributed by atoms with Gasteiger partial charge in [0.05, 0.1) is 12.6 Å². The third kappa shape index (κ3) is 3.88. The molecule has 0 saturated carbocycles. The minimum absolute atomic E-state index is 0.0207. The molecule has 1 fully saturated rings. The lowest BCUT2D eigenvalue weighted by Crippen LogP contribution is -2.49. The molecule has 0 aliphatic carbocycles. The molecular formula is C18H23N5O2. The molecule has 1 aromatic carbocycles. The van der Waals surface area contributed by atoms with E-state index in [0.29, 0.717) is 25.2 Å². The van der Waals surface area contributed by atoms with Crippen LogP contribution in [0.2, 0.25) is 0 Å². The van der Waals surface area contributed by atoms with E-state index < -0.39 is 0 Å². The topological polar surface area (TPSA) is 81.3 Å². The predicted octanol–water partition coefficient (Wildman–Crippen LogP) is 1.17. The number of imidazole rings is 1. The van der Waals surface area contributed by atoms with Crippen LogP contribution in [0, 0.1) is 0 Å². The fraction of sp³-hybridized carbons (Fsp3) is 0.389. The number of aromatic amines is 1. The zero-order valence-corrected chi connectivity index (χ0v) is 14.5. The molecule has 2 amide bonds. The molecule has 25 heavy (non-hydrogen) atoms. The van der Waals surface area contributed by atoms with Gasteiger partial charge in [0, 0.05) is 51.6 Å². The van der Waals surface area contributed by atoms with Gasteiger partial charge in [-0.1, -0.05) is 12.1 Å². The first kappa shape index (κ1) is 17.2. The summed E-state index contributed by atoms with van der Waals surface area (Å²) in [4.78, 5) is 35.4. The van der Waals surface area contributed by atoms with Gasteiger partial charge >= 0.3 is 0 Å². The summed E-state index contributed by atoms with van der Waals surface area (Å²) in [6, 6.07) is 7.62. The van der Waals surface area contributed by atoms with Crippen molar-refractivity contribution >= 4 is 11.8 Å². The Labute approximate surface area is 147 Å². The fourth-order valence-electron chi connectivity index (χ4n) is 3.22. The van der Waals surface area contributed by atoms with Crippen LogP contribution in [0.4, 0.5) is 0 Å². The van der Waals surface area contributed by atoms with E-state index in [4.69, 9.17) is 0 Å². The standard InChI is InChI=1S/C18H23N5O2/c1-13(24)22-8-9-23(12-17-20-6-7-21-17)16(11-22)14-4-3-5-15(10-14)18(25)19-2/h3-7,10,16H,8-9,11-12H2,1-2H3,(H,19,25)(H,20,21)/t16-/m0/s1. The van der Waals surface area contributed by atoms with E-state index in [1.165, 1.54) is 0 Å². The number of carbonyl (C=O) groups excluding carboxylic acids is 2. The Morgan fingerprint density at radius 2 is 2.20 bits per heavy atom. The second kappa shape index (κ2) is 7.48. The molecule has 1 aromatic heterocycles. The Bertz CT molecular complexity index is 744. The molecule has 0 spiro atoms. The van der Waals surface area contributed by atoms with Crippen LogP contribution in [-0.2, 0) is 11.3 Å². The van der Waals surface area contributed by atoms with E-state index in [1.807, 2.05) is 29.3 Å². The Morgan fingerprint density at radius 3 is 2.88 bits per heavy atom. The van der Waals surface area contributed by atoms with Gasteiger partial charge in [-0.3, -0.25) is 14.5 Å². The molecule has 1 saturated heterocycles. The van der Waals surface area contributed by atoms with Gasteiger partial charge in [0.1, 0.15) is 5.82 Å². The number of hydrogen-bond acceptors (Lipinski definition) is 4. The highest BCUT2D eigenvalue weighted by Gasteiger charge is 2.30. The van der Waals surface area contributed by atoms with E-state index >= 15 is 0 Å². The average molecular weight is 341 g/mol. The van der Waals surface area contributed by atoms with Crippen molar-refractivity contribution in [3.8, 4) is 0 Å². The smallest absolute Gasteiger partial charge is 0.251 e. The zero-order chi connectivity index (χ0) is 17.8. The first-order chi connectivity index (χ1) is 12.1. The van der Waals surface area contributed by atoms with Crippen molar-refractivity contribution in [1.82, 2.24) is 25.1 Å². The number of rotatable bonds is 4. The van der Waals surface area contributed by atoms with Crippen LogP contribution >= 0.6 is 0 Å². The lowest BCUT2D eigenvalue weighted by Gasteiger charge is -2.41. The largest absolute Gasteiger partial charge is 0.355 e. The summed E-state index contributed by atoms with van der Waals surface area (Å²) in [6.45, 7) is 4.33. The van der Waals surface area contributed by atoms with E-state index in [9.17, 15) is 9.59 Å². The number of H-pyrrole nitrogens is 1. The van der Waals surface area contributed by atoms with E-state index in [0.717, 1.165) is 17.9 Å². The van der Waals surface area contributed by atoms with Gasteiger partial charge in [-0.2, -0.15) is 0 Å². The van der Waals surface area contributed by atoms with Crippen LogP contribution in [0.15, 0.2) is 36.7 Å². The molecule has 2 aromatic rings. The first-order valence-corrected chi connectivity index (χ1v) is 8.38. The summed E-state index contributed by atoms with van der Waals surface area (Å²) in [6.07, 6.45) is 3.55. The van der Waals surface area contributed by atoms with E-state index in [-0.39, 0.29) is 17.9 Å². The number of nitrogens with one attached hydrogen (secondary N) is 2. The second-order valence-corrected chi connectivity index (χ2v) is 6.19. The molecule has 0 radical (unpaired) electrons. The van der Waals surface area contributed by atoms with E-state index in [2.05, 4.69) is 20.2 Å². The molecule has 1 atom stereocenters. The Hall–Kier alpha value is -2.67. The van der Waals surface area contributed by atoms with E-state index in [1.54, 1.807) is 26.2 Å². The Kier molecular flexibility index (Phi) is 5.14. The number of hydrogen-bond donors (Lipinski definition) is 2. The number of amides is 2. The lowest BCUT2D eigenvalue weighted by atomic mass is 9.99. The Balaban J connectivity index is 1.88. The maximum absolute atomic E-state index is 12.0. The molecule has 132 valence electrons. The average Bonchev–Trinajstić information content (AvgIpc) is 3.14. The van der Waals surface area contributed by atoms with Crippen molar-refractivity contribution in [2.75, 3.05) is 26.7 Å². The second-order valence-electron chi connectivity index (χ2n) is 6.19. The van der Waals surface area contributed by atoms with Gasteiger partial charge in [-0.05, 0) is 17.7 Å². The summed E-state index contributed by atoms with van der Waals surface area (Å²) in [5, 5.41) is 2.65. The number of aromatic nitrogens is 2. The number of benzene rings is 1. The molecule has 1 aliphatic rings. The molecule has 1 aliphatic heterocycles. The zero-order valence-electron chi connectivity index (χ0n) is 14.5. The van der Waals surface area contributed by atoms with Crippen molar-refractivity contribution in [3.63, 3.8) is 0 Å². The molecule has 7 heteroatoms. The normalized spacial score (nSPS) is 18.2. The maximum Gasteiger partial charge on any atom is 0.251 e. The quantitative estimate of drug-likeness (QED) is 0.875. The van der Waals surface area contributed by atoms with Crippen LogP contribution < -0.4 is 5.32 Å². The third-order valence-electron chi connectivity index (χ3n) is 4.60. The number of carbonyl (C=O) groups is 2. The summed E-state index contributed by atoms with van der Waals surface area (Å²) in [5.74, 6) is 0.854. The summed E-state index contributed by atoms with van der Waals surface area (Å²) in [5.41, 5.74) is 1.65. The molecule has 7 nitrogen and oxygen atoms in total. The van der Waals surface area contributed by atoms with Gasteiger partial charge in [-0.15, -0.1) is 0 Å².